The number of hydrogen-bond donors (Lipinski definition) is 1. The molecule has 2 atom stereocenters. The number of hydrogen-bond acceptors (Lipinski definition) is 3. The van der Waals surface area contributed by atoms with Gasteiger partial charge in [-0.15, -0.1) is 4.52 Å². The van der Waals surface area contributed by atoms with Crippen molar-refractivity contribution in [3.05, 3.63) is 34.9 Å². The number of halogens is 1. The third-order valence-electron chi connectivity index (χ3n) is 2.20. The van der Waals surface area contributed by atoms with E-state index >= 15 is 0 Å². The molecule has 0 bridgehead atoms. The molecule has 0 aliphatic carbocycles. The molecule has 0 fully saturated rings. The molecule has 0 amide bonds. The molecule has 1 aromatic carbocycles. The zero-order valence-corrected chi connectivity index (χ0v) is 10.2. The van der Waals surface area contributed by atoms with E-state index in [1.54, 1.807) is 12.1 Å². The van der Waals surface area contributed by atoms with Crippen LogP contribution in [0.5, 0.6) is 0 Å². The van der Waals surface area contributed by atoms with Gasteiger partial charge in [0.05, 0.1) is 7.11 Å². The lowest BCUT2D eigenvalue weighted by Crippen LogP contribution is -2.14. The van der Waals surface area contributed by atoms with E-state index in [1.807, 2.05) is 12.1 Å². The summed E-state index contributed by atoms with van der Waals surface area (Å²) in [5, 5.41) is 0.686. The van der Waals surface area contributed by atoms with Crippen molar-refractivity contribution in [1.29, 1.82) is 0 Å². The fraction of sp³-hybridized carbons (Fsp3) is 0.400. The fourth-order valence-corrected chi connectivity index (χ4v) is 2.30. The highest BCUT2D eigenvalue weighted by Crippen LogP contribution is 2.29. The normalized spacial score (nSPS) is 13.7. The van der Waals surface area contributed by atoms with Crippen LogP contribution in [0.2, 0.25) is 5.02 Å². The van der Waals surface area contributed by atoms with Gasteiger partial charge >= 0.3 is 8.03 Å². The molecule has 2 N–H and O–H groups in total. The SMILES string of the molecule is CO[P+](=O)CC(CN)c1ccc(Cl)cc1. The molecule has 1 aromatic rings. The van der Waals surface area contributed by atoms with Crippen molar-refractivity contribution >= 4 is 19.6 Å². The Morgan fingerprint density at radius 3 is 2.53 bits per heavy atom. The van der Waals surface area contributed by atoms with E-state index in [9.17, 15) is 4.57 Å². The Morgan fingerprint density at radius 2 is 2.07 bits per heavy atom. The number of nitrogens with two attached hydrogens (primary N) is 1. The molecule has 0 saturated carbocycles. The molecule has 3 nitrogen and oxygen atoms in total. The van der Waals surface area contributed by atoms with Crippen LogP contribution in [0.15, 0.2) is 24.3 Å². The van der Waals surface area contributed by atoms with Crippen LogP contribution in [0.4, 0.5) is 0 Å². The summed E-state index contributed by atoms with van der Waals surface area (Å²) in [6.07, 6.45) is 0.448. The molecule has 0 saturated heterocycles. The minimum atomic E-state index is -1.62. The predicted octanol–water partition coefficient (Wildman–Crippen LogP) is 2.77. The molecular weight excluding hydrogens is 233 g/mol. The molecule has 0 aliphatic rings. The largest absolute Gasteiger partial charge is 0.508 e. The average Bonchev–Trinajstić information content (AvgIpc) is 2.27. The maximum absolute atomic E-state index is 11.3. The maximum atomic E-state index is 11.3. The summed E-state index contributed by atoms with van der Waals surface area (Å²) >= 11 is 5.78. The zero-order chi connectivity index (χ0) is 11.3. The minimum absolute atomic E-state index is 0.0610. The van der Waals surface area contributed by atoms with E-state index in [1.165, 1.54) is 7.11 Å². The summed E-state index contributed by atoms with van der Waals surface area (Å²) < 4.78 is 16.0. The van der Waals surface area contributed by atoms with E-state index in [0.717, 1.165) is 5.56 Å². The van der Waals surface area contributed by atoms with E-state index < -0.39 is 8.03 Å². The van der Waals surface area contributed by atoms with Crippen LogP contribution in [0.25, 0.3) is 0 Å². The van der Waals surface area contributed by atoms with Crippen LogP contribution < -0.4 is 5.73 Å². The van der Waals surface area contributed by atoms with Crippen molar-refractivity contribution in [1.82, 2.24) is 0 Å². The van der Waals surface area contributed by atoms with Crippen molar-refractivity contribution in [3.63, 3.8) is 0 Å². The van der Waals surface area contributed by atoms with Crippen LogP contribution in [0.3, 0.4) is 0 Å². The molecule has 0 aliphatic heterocycles. The second-order valence-corrected chi connectivity index (χ2v) is 5.01. The quantitative estimate of drug-likeness (QED) is 0.813. The van der Waals surface area contributed by atoms with Gasteiger partial charge in [-0.2, -0.15) is 0 Å². The highest BCUT2D eigenvalue weighted by Gasteiger charge is 2.23. The van der Waals surface area contributed by atoms with Crippen molar-refractivity contribution in [3.8, 4) is 0 Å². The highest BCUT2D eigenvalue weighted by atomic mass is 35.5. The summed E-state index contributed by atoms with van der Waals surface area (Å²) in [5.74, 6) is 0.0610. The van der Waals surface area contributed by atoms with E-state index in [-0.39, 0.29) is 5.92 Å². The third-order valence-corrected chi connectivity index (χ3v) is 3.60. The Kier molecular flexibility index (Phi) is 5.20. The Bertz CT molecular complexity index is 329. The van der Waals surface area contributed by atoms with Crippen molar-refractivity contribution in [2.24, 2.45) is 5.73 Å². The van der Waals surface area contributed by atoms with E-state index in [2.05, 4.69) is 0 Å². The topological polar surface area (TPSA) is 52.3 Å². The molecular formula is C10H14ClNO2P+. The van der Waals surface area contributed by atoms with E-state index in [4.69, 9.17) is 21.9 Å². The maximum Gasteiger partial charge on any atom is 0.508 e. The lowest BCUT2D eigenvalue weighted by molar-refractivity contribution is 0.411. The van der Waals surface area contributed by atoms with Crippen LogP contribution >= 0.6 is 19.6 Å². The van der Waals surface area contributed by atoms with Crippen molar-refractivity contribution < 1.29 is 9.09 Å². The molecule has 0 radical (unpaired) electrons. The Labute approximate surface area is 95.4 Å². The van der Waals surface area contributed by atoms with E-state index in [0.29, 0.717) is 17.7 Å². The Morgan fingerprint density at radius 1 is 1.47 bits per heavy atom. The van der Waals surface area contributed by atoms with Gasteiger partial charge in [0.1, 0.15) is 0 Å². The van der Waals surface area contributed by atoms with Crippen molar-refractivity contribution in [2.75, 3.05) is 19.8 Å². The van der Waals surface area contributed by atoms with Gasteiger partial charge in [-0.1, -0.05) is 23.7 Å². The van der Waals surface area contributed by atoms with Crippen LogP contribution in [0, 0.1) is 0 Å². The van der Waals surface area contributed by atoms with Gasteiger partial charge in [0, 0.05) is 17.5 Å². The number of benzene rings is 1. The molecule has 82 valence electrons. The molecule has 0 spiro atoms. The summed E-state index contributed by atoms with van der Waals surface area (Å²) in [6, 6.07) is 7.41. The molecule has 0 heterocycles. The molecule has 15 heavy (non-hydrogen) atoms. The standard InChI is InChI=1S/C10H14ClNO2P/c1-14-15(13)7-9(6-12)8-2-4-10(11)5-3-8/h2-5,9H,6-7,12H2,1H3/q+1. The van der Waals surface area contributed by atoms with Gasteiger partial charge in [0.15, 0.2) is 6.16 Å². The summed E-state index contributed by atoms with van der Waals surface area (Å²) in [4.78, 5) is 0. The first kappa shape index (κ1) is 12.6. The second kappa shape index (κ2) is 6.19. The first-order chi connectivity index (χ1) is 7.17. The molecule has 0 aromatic heterocycles. The zero-order valence-electron chi connectivity index (χ0n) is 8.52. The first-order valence-corrected chi connectivity index (χ1v) is 6.35. The predicted molar refractivity (Wildman–Crippen MR) is 62.7 cm³/mol. The summed E-state index contributed by atoms with van der Waals surface area (Å²) in [5.41, 5.74) is 6.67. The highest BCUT2D eigenvalue weighted by molar-refractivity contribution is 7.39. The smallest absolute Gasteiger partial charge is 0.330 e. The lowest BCUT2D eigenvalue weighted by Gasteiger charge is -2.08. The van der Waals surface area contributed by atoms with Crippen LogP contribution in [0.1, 0.15) is 11.5 Å². The van der Waals surface area contributed by atoms with Gasteiger partial charge in [-0.3, -0.25) is 0 Å². The summed E-state index contributed by atoms with van der Waals surface area (Å²) in [6.45, 7) is 0.450. The van der Waals surface area contributed by atoms with Gasteiger partial charge in [-0.25, -0.2) is 0 Å². The summed E-state index contributed by atoms with van der Waals surface area (Å²) in [7, 11) is -0.179. The Hall–Kier alpha value is -0.470. The fourth-order valence-electron chi connectivity index (χ4n) is 1.31. The van der Waals surface area contributed by atoms with Gasteiger partial charge < -0.3 is 5.73 Å². The Balaban J connectivity index is 2.74. The van der Waals surface area contributed by atoms with Gasteiger partial charge in [0.25, 0.3) is 0 Å². The average molecular weight is 247 g/mol. The monoisotopic (exact) mass is 246 g/mol. The minimum Gasteiger partial charge on any atom is -0.330 e. The lowest BCUT2D eigenvalue weighted by atomic mass is 10.0. The van der Waals surface area contributed by atoms with Crippen molar-refractivity contribution in [2.45, 2.75) is 5.92 Å². The first-order valence-electron chi connectivity index (χ1n) is 4.61. The van der Waals surface area contributed by atoms with Gasteiger partial charge in [-0.05, 0) is 22.3 Å². The third kappa shape index (κ3) is 3.88. The number of rotatable bonds is 5. The van der Waals surface area contributed by atoms with Gasteiger partial charge in [0.2, 0.25) is 0 Å². The molecule has 1 rings (SSSR count). The second-order valence-electron chi connectivity index (χ2n) is 3.18. The molecule has 5 heteroatoms. The molecule has 2 unspecified atom stereocenters. The van der Waals surface area contributed by atoms with Crippen LogP contribution in [-0.2, 0) is 9.09 Å². The van der Waals surface area contributed by atoms with Crippen LogP contribution in [-0.4, -0.2) is 19.8 Å².